The van der Waals surface area contributed by atoms with Crippen molar-refractivity contribution in [3.63, 3.8) is 0 Å². The highest BCUT2D eigenvalue weighted by molar-refractivity contribution is 6.17. The molecule has 0 aromatic heterocycles. The summed E-state index contributed by atoms with van der Waals surface area (Å²) >= 11 is 5.66. The van der Waals surface area contributed by atoms with E-state index < -0.39 is 0 Å². The number of hydrogen-bond acceptors (Lipinski definition) is 2. The maximum absolute atomic E-state index is 10.8. The predicted octanol–water partition coefficient (Wildman–Crippen LogP) is 3.07. The molecule has 0 aliphatic rings. The fourth-order valence-corrected chi connectivity index (χ4v) is 1.70. The van der Waals surface area contributed by atoms with Crippen LogP contribution >= 0.6 is 11.6 Å². The SMILES string of the molecule is CC(=O)Nc1ccc(NC(C)CCCl)cc1. The van der Waals surface area contributed by atoms with Crippen molar-refractivity contribution in [2.24, 2.45) is 0 Å². The van der Waals surface area contributed by atoms with E-state index in [-0.39, 0.29) is 5.91 Å². The third kappa shape index (κ3) is 4.53. The first kappa shape index (κ1) is 12.8. The molecule has 88 valence electrons. The van der Waals surface area contributed by atoms with Gasteiger partial charge in [0.15, 0.2) is 0 Å². The first-order valence-corrected chi connectivity index (χ1v) is 5.85. The summed E-state index contributed by atoms with van der Waals surface area (Å²) in [5, 5.41) is 6.05. The Labute approximate surface area is 101 Å². The predicted molar refractivity (Wildman–Crippen MR) is 69.2 cm³/mol. The molecular weight excluding hydrogens is 224 g/mol. The Morgan fingerprint density at radius 3 is 2.38 bits per heavy atom. The molecule has 0 saturated carbocycles. The van der Waals surface area contributed by atoms with Crippen LogP contribution < -0.4 is 10.6 Å². The highest BCUT2D eigenvalue weighted by atomic mass is 35.5. The van der Waals surface area contributed by atoms with Gasteiger partial charge in [-0.25, -0.2) is 0 Å². The molecule has 4 heteroatoms. The van der Waals surface area contributed by atoms with Gasteiger partial charge in [-0.3, -0.25) is 4.79 Å². The molecule has 0 bridgehead atoms. The van der Waals surface area contributed by atoms with Crippen molar-refractivity contribution >= 4 is 28.9 Å². The molecule has 1 rings (SSSR count). The molecule has 16 heavy (non-hydrogen) atoms. The Kier molecular flexibility index (Phi) is 5.12. The van der Waals surface area contributed by atoms with Crippen LogP contribution in [0.1, 0.15) is 20.3 Å². The number of anilines is 2. The van der Waals surface area contributed by atoms with Gasteiger partial charge in [-0.1, -0.05) is 0 Å². The van der Waals surface area contributed by atoms with Crippen molar-refractivity contribution in [1.82, 2.24) is 0 Å². The first-order valence-electron chi connectivity index (χ1n) is 5.32. The van der Waals surface area contributed by atoms with Crippen molar-refractivity contribution in [3.8, 4) is 0 Å². The van der Waals surface area contributed by atoms with Crippen molar-refractivity contribution in [2.75, 3.05) is 16.5 Å². The van der Waals surface area contributed by atoms with Crippen LogP contribution in [0.15, 0.2) is 24.3 Å². The maximum atomic E-state index is 10.8. The Hall–Kier alpha value is -1.22. The van der Waals surface area contributed by atoms with Crippen molar-refractivity contribution in [2.45, 2.75) is 26.3 Å². The van der Waals surface area contributed by atoms with E-state index in [0.717, 1.165) is 17.8 Å². The monoisotopic (exact) mass is 240 g/mol. The van der Waals surface area contributed by atoms with Gasteiger partial charge in [0.1, 0.15) is 0 Å². The lowest BCUT2D eigenvalue weighted by molar-refractivity contribution is -0.114. The summed E-state index contributed by atoms with van der Waals surface area (Å²) in [4.78, 5) is 10.8. The number of nitrogens with one attached hydrogen (secondary N) is 2. The topological polar surface area (TPSA) is 41.1 Å². The van der Waals surface area contributed by atoms with E-state index in [1.165, 1.54) is 6.92 Å². The van der Waals surface area contributed by atoms with Crippen LogP contribution in [0.2, 0.25) is 0 Å². The summed E-state index contributed by atoms with van der Waals surface area (Å²) in [5.74, 6) is 0.592. The van der Waals surface area contributed by atoms with E-state index in [9.17, 15) is 4.79 Å². The molecule has 1 aromatic rings. The van der Waals surface area contributed by atoms with Crippen LogP contribution in [0.25, 0.3) is 0 Å². The zero-order chi connectivity index (χ0) is 12.0. The summed E-state index contributed by atoms with van der Waals surface area (Å²) in [6.07, 6.45) is 0.926. The molecule has 0 aliphatic heterocycles. The molecule has 2 N–H and O–H groups in total. The molecular formula is C12H17ClN2O. The number of halogens is 1. The van der Waals surface area contributed by atoms with Gasteiger partial charge in [0, 0.05) is 30.2 Å². The second kappa shape index (κ2) is 6.38. The first-order chi connectivity index (χ1) is 7.61. The van der Waals surface area contributed by atoms with Crippen LogP contribution in [-0.4, -0.2) is 17.8 Å². The van der Waals surface area contributed by atoms with Gasteiger partial charge in [-0.05, 0) is 37.6 Å². The third-order valence-corrected chi connectivity index (χ3v) is 2.38. The Morgan fingerprint density at radius 1 is 1.31 bits per heavy atom. The molecule has 1 aromatic carbocycles. The second-order valence-corrected chi connectivity index (χ2v) is 4.16. The molecule has 0 aliphatic carbocycles. The fraction of sp³-hybridized carbons (Fsp3) is 0.417. The minimum absolute atomic E-state index is 0.0591. The Morgan fingerprint density at radius 2 is 1.88 bits per heavy atom. The fourth-order valence-electron chi connectivity index (χ4n) is 1.37. The Bertz CT molecular complexity index is 337. The molecule has 1 atom stereocenters. The smallest absolute Gasteiger partial charge is 0.221 e. The summed E-state index contributed by atoms with van der Waals surface area (Å²) in [7, 11) is 0. The van der Waals surface area contributed by atoms with Crippen molar-refractivity contribution < 1.29 is 4.79 Å². The number of carbonyl (C=O) groups excluding carboxylic acids is 1. The van der Waals surface area contributed by atoms with E-state index in [0.29, 0.717) is 11.9 Å². The number of benzene rings is 1. The van der Waals surface area contributed by atoms with Gasteiger partial charge >= 0.3 is 0 Å². The minimum atomic E-state index is -0.0591. The molecule has 0 heterocycles. The number of alkyl halides is 1. The summed E-state index contributed by atoms with van der Waals surface area (Å²) in [6.45, 7) is 3.58. The average molecular weight is 241 g/mol. The molecule has 0 saturated heterocycles. The van der Waals surface area contributed by atoms with Crippen molar-refractivity contribution in [1.29, 1.82) is 0 Å². The van der Waals surface area contributed by atoms with Crippen LogP contribution in [0.5, 0.6) is 0 Å². The Balaban J connectivity index is 2.54. The lowest BCUT2D eigenvalue weighted by Crippen LogP contribution is -2.15. The summed E-state index contributed by atoms with van der Waals surface area (Å²) in [6, 6.07) is 7.98. The molecule has 1 unspecified atom stereocenters. The second-order valence-electron chi connectivity index (χ2n) is 3.78. The highest BCUT2D eigenvalue weighted by Gasteiger charge is 2.01. The van der Waals surface area contributed by atoms with E-state index in [2.05, 4.69) is 17.6 Å². The number of hydrogen-bond donors (Lipinski definition) is 2. The zero-order valence-electron chi connectivity index (χ0n) is 9.59. The number of carbonyl (C=O) groups is 1. The van der Waals surface area contributed by atoms with E-state index in [1.54, 1.807) is 0 Å². The molecule has 0 spiro atoms. The minimum Gasteiger partial charge on any atom is -0.383 e. The zero-order valence-corrected chi connectivity index (χ0v) is 10.3. The lowest BCUT2D eigenvalue weighted by atomic mass is 10.2. The normalized spacial score (nSPS) is 11.9. The number of rotatable bonds is 5. The van der Waals surface area contributed by atoms with E-state index in [1.807, 2.05) is 24.3 Å². The summed E-state index contributed by atoms with van der Waals surface area (Å²) in [5.41, 5.74) is 1.84. The molecule has 3 nitrogen and oxygen atoms in total. The average Bonchev–Trinajstić information content (AvgIpc) is 2.20. The van der Waals surface area contributed by atoms with Crippen LogP contribution in [0.4, 0.5) is 11.4 Å². The molecule has 1 amide bonds. The largest absolute Gasteiger partial charge is 0.383 e. The van der Waals surface area contributed by atoms with Crippen molar-refractivity contribution in [3.05, 3.63) is 24.3 Å². The van der Waals surface area contributed by atoms with Gasteiger partial charge in [0.2, 0.25) is 5.91 Å². The van der Waals surface area contributed by atoms with Gasteiger partial charge in [0.25, 0.3) is 0 Å². The highest BCUT2D eigenvalue weighted by Crippen LogP contribution is 2.15. The van der Waals surface area contributed by atoms with Gasteiger partial charge in [-0.15, -0.1) is 11.6 Å². The van der Waals surface area contributed by atoms with Gasteiger partial charge in [0.05, 0.1) is 0 Å². The third-order valence-electron chi connectivity index (χ3n) is 2.16. The van der Waals surface area contributed by atoms with E-state index >= 15 is 0 Å². The van der Waals surface area contributed by atoms with Gasteiger partial charge in [-0.2, -0.15) is 0 Å². The van der Waals surface area contributed by atoms with E-state index in [4.69, 9.17) is 11.6 Å². The van der Waals surface area contributed by atoms with Crippen LogP contribution in [0, 0.1) is 0 Å². The number of amides is 1. The quantitative estimate of drug-likeness (QED) is 0.777. The maximum Gasteiger partial charge on any atom is 0.221 e. The lowest BCUT2D eigenvalue weighted by Gasteiger charge is -2.14. The van der Waals surface area contributed by atoms with Crippen LogP contribution in [0.3, 0.4) is 0 Å². The van der Waals surface area contributed by atoms with Crippen LogP contribution in [-0.2, 0) is 4.79 Å². The standard InChI is InChI=1S/C12H17ClN2O/c1-9(7-8-13)14-11-3-5-12(6-4-11)15-10(2)16/h3-6,9,14H,7-8H2,1-2H3,(H,15,16). The molecule has 0 radical (unpaired) electrons. The summed E-state index contributed by atoms with van der Waals surface area (Å²) < 4.78 is 0. The molecule has 0 fully saturated rings. The van der Waals surface area contributed by atoms with Gasteiger partial charge < -0.3 is 10.6 Å².